The van der Waals surface area contributed by atoms with Gasteiger partial charge in [-0.05, 0) is 29.8 Å². The van der Waals surface area contributed by atoms with Crippen LogP contribution in [-0.2, 0) is 11.3 Å². The van der Waals surface area contributed by atoms with Crippen LogP contribution in [0.5, 0.6) is 28.7 Å². The highest BCUT2D eigenvalue weighted by molar-refractivity contribution is 6.01. The van der Waals surface area contributed by atoms with Crippen molar-refractivity contribution in [3.8, 4) is 28.7 Å². The molecule has 0 saturated carbocycles. The lowest BCUT2D eigenvalue weighted by Gasteiger charge is -2.18. The molecule has 0 unspecified atom stereocenters. The molecule has 152 valence electrons. The number of carbonyl (C=O) groups excluding carboxylic acids is 1. The van der Waals surface area contributed by atoms with E-state index >= 15 is 0 Å². The summed E-state index contributed by atoms with van der Waals surface area (Å²) in [4.78, 5) is 17.5. The molecule has 0 aromatic heterocycles. The van der Waals surface area contributed by atoms with Crippen LogP contribution < -0.4 is 23.7 Å². The van der Waals surface area contributed by atoms with Crippen LogP contribution in [0, 0.1) is 0 Å². The molecule has 0 spiro atoms. The molecule has 0 radical (unpaired) electrons. The molecule has 2 heterocycles. The Balaban J connectivity index is 1.61. The zero-order valence-corrected chi connectivity index (χ0v) is 16.4. The smallest absolute Gasteiger partial charge is 0.231 e. The minimum Gasteiger partial charge on any atom is -0.497 e. The van der Waals surface area contributed by atoms with Crippen molar-refractivity contribution in [2.75, 3.05) is 28.1 Å². The van der Waals surface area contributed by atoms with Crippen LogP contribution in [0.4, 0.5) is 0 Å². The summed E-state index contributed by atoms with van der Waals surface area (Å²) >= 11 is 0. The Bertz CT molecular complexity index is 953. The largest absolute Gasteiger partial charge is 0.497 e. The van der Waals surface area contributed by atoms with Crippen molar-refractivity contribution in [3.63, 3.8) is 0 Å². The van der Waals surface area contributed by atoms with E-state index in [1.807, 2.05) is 24.3 Å². The Labute approximate surface area is 167 Å². The Morgan fingerprint density at radius 2 is 1.72 bits per heavy atom. The molecule has 0 aliphatic carbocycles. The Morgan fingerprint density at radius 1 is 1.03 bits per heavy atom. The van der Waals surface area contributed by atoms with Crippen molar-refractivity contribution >= 4 is 12.0 Å². The van der Waals surface area contributed by atoms with Gasteiger partial charge in [0.05, 0.1) is 32.6 Å². The monoisotopic (exact) mass is 399 g/mol. The van der Waals surface area contributed by atoms with Gasteiger partial charge in [-0.25, -0.2) is 0 Å². The molecule has 1 atom stereocenters. The molecular weight excluding hydrogens is 378 g/mol. The average molecular weight is 399 g/mol. The quantitative estimate of drug-likeness (QED) is 0.662. The van der Waals surface area contributed by atoms with E-state index in [1.165, 1.54) is 14.2 Å². The number of carbonyl (C=O) groups is 1. The van der Waals surface area contributed by atoms with Crippen molar-refractivity contribution < 1.29 is 33.3 Å². The van der Waals surface area contributed by atoms with Crippen LogP contribution in [0.25, 0.3) is 0 Å². The maximum Gasteiger partial charge on any atom is 0.231 e. The van der Waals surface area contributed by atoms with E-state index in [9.17, 15) is 4.79 Å². The minimum atomic E-state index is -0.259. The molecule has 2 aliphatic rings. The van der Waals surface area contributed by atoms with Crippen molar-refractivity contribution in [2.24, 2.45) is 5.16 Å². The Hall–Kier alpha value is -3.42. The molecule has 0 saturated heterocycles. The molecule has 2 aromatic carbocycles. The van der Waals surface area contributed by atoms with E-state index in [-0.39, 0.29) is 12.9 Å². The number of hydrogen-bond acceptors (Lipinski definition) is 8. The van der Waals surface area contributed by atoms with Crippen LogP contribution in [0.3, 0.4) is 0 Å². The van der Waals surface area contributed by atoms with Gasteiger partial charge >= 0.3 is 0 Å². The van der Waals surface area contributed by atoms with E-state index in [2.05, 4.69) is 5.16 Å². The molecule has 0 fully saturated rings. The number of benzene rings is 2. The summed E-state index contributed by atoms with van der Waals surface area (Å²) in [5, 5.41) is 4.22. The van der Waals surface area contributed by atoms with Crippen LogP contribution in [0.1, 0.15) is 27.9 Å². The maximum absolute atomic E-state index is 11.9. The SMILES string of the molecule is COc1ccc(C2=NO[C@@H](Cc3c(C=O)c(OC)c4c(c3OC)OCO4)C2)cc1. The van der Waals surface area contributed by atoms with Gasteiger partial charge in [-0.15, -0.1) is 0 Å². The third kappa shape index (κ3) is 3.30. The highest BCUT2D eigenvalue weighted by atomic mass is 16.7. The normalized spacial score (nSPS) is 16.8. The van der Waals surface area contributed by atoms with E-state index in [0.717, 1.165) is 23.3 Å². The third-order valence-electron chi connectivity index (χ3n) is 4.98. The molecule has 0 bridgehead atoms. The molecule has 0 N–H and O–H groups in total. The fraction of sp³-hybridized carbons (Fsp3) is 0.333. The standard InChI is InChI=1S/C21H21NO7/c1-24-13-6-4-12(5-7-13)17-9-14(29-22-17)8-15-16(10-23)19(26-3)21-20(18(15)25-2)27-11-28-21/h4-7,10,14H,8-9,11H2,1-3H3/t14-/m0/s1. The van der Waals surface area contributed by atoms with Gasteiger partial charge in [0.2, 0.25) is 18.3 Å². The highest BCUT2D eigenvalue weighted by Gasteiger charge is 2.34. The molecule has 29 heavy (non-hydrogen) atoms. The van der Waals surface area contributed by atoms with Crippen molar-refractivity contribution in [1.29, 1.82) is 0 Å². The number of nitrogens with zero attached hydrogens (tertiary/aromatic N) is 1. The van der Waals surface area contributed by atoms with Crippen LogP contribution in [0.2, 0.25) is 0 Å². The topological polar surface area (TPSA) is 84.8 Å². The lowest BCUT2D eigenvalue weighted by Crippen LogP contribution is -2.15. The number of aldehydes is 1. The fourth-order valence-corrected chi connectivity index (χ4v) is 3.60. The molecule has 8 heteroatoms. The zero-order valence-electron chi connectivity index (χ0n) is 16.4. The fourth-order valence-electron chi connectivity index (χ4n) is 3.60. The van der Waals surface area contributed by atoms with Gasteiger partial charge < -0.3 is 28.5 Å². The number of ether oxygens (including phenoxy) is 5. The summed E-state index contributed by atoms with van der Waals surface area (Å²) in [6, 6.07) is 7.62. The maximum atomic E-state index is 11.9. The van der Waals surface area contributed by atoms with E-state index in [4.69, 9.17) is 28.5 Å². The number of rotatable bonds is 7. The molecular formula is C21H21NO7. The summed E-state index contributed by atoms with van der Waals surface area (Å²) in [7, 11) is 4.63. The van der Waals surface area contributed by atoms with Gasteiger partial charge in [0.1, 0.15) is 11.9 Å². The van der Waals surface area contributed by atoms with Gasteiger partial charge in [0.25, 0.3) is 0 Å². The molecule has 2 aliphatic heterocycles. The van der Waals surface area contributed by atoms with E-state index in [1.54, 1.807) is 7.11 Å². The van der Waals surface area contributed by atoms with Gasteiger partial charge in [0.15, 0.2) is 17.8 Å². The third-order valence-corrected chi connectivity index (χ3v) is 4.98. The first-order chi connectivity index (χ1) is 14.2. The van der Waals surface area contributed by atoms with Gasteiger partial charge in [0, 0.05) is 18.4 Å². The van der Waals surface area contributed by atoms with Gasteiger partial charge in [-0.3, -0.25) is 4.79 Å². The highest BCUT2D eigenvalue weighted by Crippen LogP contribution is 2.52. The molecule has 4 rings (SSSR count). The average Bonchev–Trinajstić information content (AvgIpc) is 3.42. The summed E-state index contributed by atoms with van der Waals surface area (Å²) in [6.07, 6.45) is 1.46. The first kappa shape index (κ1) is 18.9. The van der Waals surface area contributed by atoms with Gasteiger partial charge in [-0.1, -0.05) is 5.16 Å². The summed E-state index contributed by atoms with van der Waals surface area (Å²) in [5.74, 6) is 2.36. The second-order valence-electron chi connectivity index (χ2n) is 6.54. The summed E-state index contributed by atoms with van der Waals surface area (Å²) in [6.45, 7) is 0.0362. The number of fused-ring (bicyclic) bond motifs is 1. The second-order valence-corrected chi connectivity index (χ2v) is 6.54. The van der Waals surface area contributed by atoms with Gasteiger partial charge in [-0.2, -0.15) is 0 Å². The van der Waals surface area contributed by atoms with Crippen LogP contribution in [-0.4, -0.2) is 46.2 Å². The van der Waals surface area contributed by atoms with E-state index in [0.29, 0.717) is 47.0 Å². The summed E-state index contributed by atoms with van der Waals surface area (Å²) < 4.78 is 27.2. The summed E-state index contributed by atoms with van der Waals surface area (Å²) in [5.41, 5.74) is 2.78. The zero-order chi connectivity index (χ0) is 20.4. The van der Waals surface area contributed by atoms with E-state index < -0.39 is 0 Å². The van der Waals surface area contributed by atoms with Crippen molar-refractivity contribution in [2.45, 2.75) is 18.9 Å². The molecule has 2 aromatic rings. The first-order valence-corrected chi connectivity index (χ1v) is 9.08. The lowest BCUT2D eigenvalue weighted by atomic mass is 9.95. The number of oxime groups is 1. The lowest BCUT2D eigenvalue weighted by molar-refractivity contribution is 0.0850. The van der Waals surface area contributed by atoms with Crippen molar-refractivity contribution in [3.05, 3.63) is 41.0 Å². The first-order valence-electron chi connectivity index (χ1n) is 9.08. The van der Waals surface area contributed by atoms with Crippen LogP contribution >= 0.6 is 0 Å². The Kier molecular flexibility index (Phi) is 5.16. The predicted molar refractivity (Wildman–Crippen MR) is 104 cm³/mol. The van der Waals surface area contributed by atoms with Crippen LogP contribution in [0.15, 0.2) is 29.4 Å². The van der Waals surface area contributed by atoms with Crippen molar-refractivity contribution in [1.82, 2.24) is 0 Å². The number of methoxy groups -OCH3 is 3. The second kappa shape index (κ2) is 7.90. The minimum absolute atomic E-state index is 0.0362. The molecule has 0 amide bonds. The molecule has 8 nitrogen and oxygen atoms in total. The Morgan fingerprint density at radius 3 is 2.34 bits per heavy atom. The predicted octanol–water partition coefficient (Wildman–Crippen LogP) is 2.99. The number of hydrogen-bond donors (Lipinski definition) is 0.